The van der Waals surface area contributed by atoms with Crippen molar-refractivity contribution in [1.29, 1.82) is 0 Å². The molecule has 0 aliphatic rings. The minimum atomic E-state index is -1.37. The third-order valence-electron chi connectivity index (χ3n) is 3.67. The van der Waals surface area contributed by atoms with E-state index in [4.69, 9.17) is 10.2 Å². The van der Waals surface area contributed by atoms with E-state index in [2.05, 4.69) is 0 Å². The lowest BCUT2D eigenvalue weighted by atomic mass is 9.70. The molecule has 0 saturated carbocycles. The molecule has 0 spiro atoms. The van der Waals surface area contributed by atoms with Gasteiger partial charge < -0.3 is 10.2 Å². The summed E-state index contributed by atoms with van der Waals surface area (Å²) in [5.74, 6) is -2.55. The van der Waals surface area contributed by atoms with Gasteiger partial charge in [-0.05, 0) is 30.3 Å². The molecule has 0 amide bonds. The van der Waals surface area contributed by atoms with Crippen LogP contribution in [0.2, 0.25) is 0 Å². The summed E-state index contributed by atoms with van der Waals surface area (Å²) < 4.78 is 0. The van der Waals surface area contributed by atoms with Crippen molar-refractivity contribution in [2.45, 2.75) is 41.0 Å². The van der Waals surface area contributed by atoms with Gasteiger partial charge in [-0.1, -0.05) is 27.7 Å². The van der Waals surface area contributed by atoms with E-state index < -0.39 is 22.9 Å². The van der Waals surface area contributed by atoms with Gasteiger partial charge in [0.15, 0.2) is 0 Å². The summed E-state index contributed by atoms with van der Waals surface area (Å²) in [5.41, 5.74) is -0.463. The third kappa shape index (κ3) is 2.62. The molecule has 0 aliphatic carbocycles. The normalized spacial score (nSPS) is 14.4. The second kappa shape index (κ2) is 5.14. The van der Waals surface area contributed by atoms with E-state index in [0.29, 0.717) is 12.0 Å². The quantitative estimate of drug-likeness (QED) is 0.431. The van der Waals surface area contributed by atoms with Gasteiger partial charge in [-0.15, -0.1) is 0 Å². The van der Waals surface area contributed by atoms with Gasteiger partial charge >= 0.3 is 11.9 Å². The van der Waals surface area contributed by atoms with Crippen molar-refractivity contribution < 1.29 is 19.8 Å². The zero-order valence-corrected chi connectivity index (χ0v) is 10.5. The molecule has 0 aromatic heterocycles. The van der Waals surface area contributed by atoms with Gasteiger partial charge in [-0.25, -0.2) is 9.59 Å². The summed E-state index contributed by atoms with van der Waals surface area (Å²) in [7, 11) is 0. The maximum absolute atomic E-state index is 10.9. The van der Waals surface area contributed by atoms with Gasteiger partial charge in [0.05, 0.1) is 0 Å². The molecule has 1 unspecified atom stereocenters. The number of rotatable bonds is 5. The van der Waals surface area contributed by atoms with E-state index in [0.717, 1.165) is 0 Å². The molecule has 4 nitrogen and oxygen atoms in total. The SMILES string of the molecule is CCC(C)(C(C)=C(C(=O)O)C(=O)O)C(C)C. The van der Waals surface area contributed by atoms with Crippen molar-refractivity contribution in [2.24, 2.45) is 11.3 Å². The topological polar surface area (TPSA) is 74.6 Å². The smallest absolute Gasteiger partial charge is 0.343 e. The molecule has 0 rings (SSSR count). The average Bonchev–Trinajstić information content (AvgIpc) is 2.14. The molecule has 0 aliphatic heterocycles. The van der Waals surface area contributed by atoms with Crippen molar-refractivity contribution in [1.82, 2.24) is 0 Å². The number of allylic oxidation sites excluding steroid dienone is 1. The van der Waals surface area contributed by atoms with E-state index in [9.17, 15) is 9.59 Å². The number of hydrogen-bond donors (Lipinski definition) is 2. The lowest BCUT2D eigenvalue weighted by molar-refractivity contribution is -0.140. The summed E-state index contributed by atoms with van der Waals surface area (Å²) in [6.45, 7) is 9.37. The molecule has 0 aromatic rings. The highest BCUT2D eigenvalue weighted by Gasteiger charge is 2.34. The highest BCUT2D eigenvalue weighted by atomic mass is 16.4. The lowest BCUT2D eigenvalue weighted by Gasteiger charge is -2.34. The van der Waals surface area contributed by atoms with Crippen LogP contribution in [0.4, 0.5) is 0 Å². The fourth-order valence-corrected chi connectivity index (χ4v) is 1.80. The van der Waals surface area contributed by atoms with Crippen LogP contribution in [0.25, 0.3) is 0 Å². The van der Waals surface area contributed by atoms with Gasteiger partial charge in [0.25, 0.3) is 0 Å². The van der Waals surface area contributed by atoms with Crippen LogP contribution < -0.4 is 0 Å². The van der Waals surface area contributed by atoms with Crippen LogP contribution in [0.3, 0.4) is 0 Å². The van der Waals surface area contributed by atoms with E-state index in [1.54, 1.807) is 6.92 Å². The highest BCUT2D eigenvalue weighted by molar-refractivity contribution is 6.13. The lowest BCUT2D eigenvalue weighted by Crippen LogP contribution is -2.28. The van der Waals surface area contributed by atoms with Crippen LogP contribution in [0.5, 0.6) is 0 Å². The molecule has 0 bridgehead atoms. The van der Waals surface area contributed by atoms with E-state index in [-0.39, 0.29) is 5.92 Å². The number of hydrogen-bond acceptors (Lipinski definition) is 2. The van der Waals surface area contributed by atoms with Crippen molar-refractivity contribution in [3.8, 4) is 0 Å². The zero-order valence-electron chi connectivity index (χ0n) is 10.5. The molecular formula is C12H20O4. The maximum atomic E-state index is 10.9. The van der Waals surface area contributed by atoms with Gasteiger partial charge in [0.1, 0.15) is 5.57 Å². The molecule has 92 valence electrons. The van der Waals surface area contributed by atoms with Crippen LogP contribution in [0.1, 0.15) is 41.0 Å². The van der Waals surface area contributed by atoms with E-state index in [1.165, 1.54) is 0 Å². The second-order valence-electron chi connectivity index (χ2n) is 4.54. The largest absolute Gasteiger partial charge is 0.477 e. The third-order valence-corrected chi connectivity index (χ3v) is 3.67. The van der Waals surface area contributed by atoms with Gasteiger partial charge in [0, 0.05) is 0 Å². The molecule has 2 N–H and O–H groups in total. The van der Waals surface area contributed by atoms with Crippen molar-refractivity contribution in [3.63, 3.8) is 0 Å². The van der Waals surface area contributed by atoms with Crippen molar-refractivity contribution in [3.05, 3.63) is 11.1 Å². The summed E-state index contributed by atoms with van der Waals surface area (Å²) in [6.07, 6.45) is 0.709. The molecule has 0 aromatic carbocycles. The summed E-state index contributed by atoms with van der Waals surface area (Å²) in [4.78, 5) is 21.9. The Hall–Kier alpha value is -1.32. The molecule has 16 heavy (non-hydrogen) atoms. The molecule has 0 fully saturated rings. The Morgan fingerprint density at radius 2 is 1.56 bits per heavy atom. The first kappa shape index (κ1) is 14.7. The summed E-state index contributed by atoms with van der Waals surface area (Å²) >= 11 is 0. The monoisotopic (exact) mass is 228 g/mol. The predicted octanol–water partition coefficient (Wildman–Crippen LogP) is 2.54. The molecule has 4 heteroatoms. The van der Waals surface area contributed by atoms with Gasteiger partial charge in [-0.2, -0.15) is 0 Å². The Balaban J connectivity index is 5.73. The Morgan fingerprint density at radius 1 is 1.19 bits per heavy atom. The first-order chi connectivity index (χ1) is 7.18. The van der Waals surface area contributed by atoms with E-state index >= 15 is 0 Å². The van der Waals surface area contributed by atoms with Crippen LogP contribution in [0.15, 0.2) is 11.1 Å². The number of carbonyl (C=O) groups is 2. The second-order valence-corrected chi connectivity index (χ2v) is 4.54. The fourth-order valence-electron chi connectivity index (χ4n) is 1.80. The Labute approximate surface area is 96.0 Å². The minimum absolute atomic E-state index is 0.186. The Bertz CT molecular complexity index is 312. The van der Waals surface area contributed by atoms with Crippen LogP contribution in [-0.4, -0.2) is 22.2 Å². The molecule has 1 atom stereocenters. The average molecular weight is 228 g/mol. The number of carboxylic acid groups (broad SMARTS) is 2. The number of carboxylic acids is 2. The summed E-state index contributed by atoms with van der Waals surface area (Å²) in [6, 6.07) is 0. The standard InChI is InChI=1S/C12H20O4/c1-6-12(5,7(2)3)8(4)9(10(13)14)11(15)16/h7H,6H2,1-5H3,(H,13,14)(H,15,16). The molecular weight excluding hydrogens is 208 g/mol. The number of aliphatic carboxylic acids is 2. The molecule has 0 heterocycles. The Morgan fingerprint density at radius 3 is 1.75 bits per heavy atom. The maximum Gasteiger partial charge on any atom is 0.343 e. The fraction of sp³-hybridized carbons (Fsp3) is 0.667. The first-order valence-corrected chi connectivity index (χ1v) is 5.36. The van der Waals surface area contributed by atoms with Crippen LogP contribution in [0, 0.1) is 11.3 Å². The van der Waals surface area contributed by atoms with Gasteiger partial charge in [0.2, 0.25) is 0 Å². The summed E-state index contributed by atoms with van der Waals surface area (Å²) in [5, 5.41) is 17.8. The zero-order chi connectivity index (χ0) is 13.1. The van der Waals surface area contributed by atoms with Gasteiger partial charge in [-0.3, -0.25) is 0 Å². The molecule has 0 saturated heterocycles. The highest BCUT2D eigenvalue weighted by Crippen LogP contribution is 2.39. The predicted molar refractivity (Wildman–Crippen MR) is 61.2 cm³/mol. The van der Waals surface area contributed by atoms with E-state index in [1.807, 2.05) is 27.7 Å². The Kier molecular flexibility index (Phi) is 4.72. The van der Waals surface area contributed by atoms with Crippen LogP contribution >= 0.6 is 0 Å². The first-order valence-electron chi connectivity index (χ1n) is 5.36. The molecule has 0 radical (unpaired) electrons. The van der Waals surface area contributed by atoms with Crippen LogP contribution in [-0.2, 0) is 9.59 Å². The van der Waals surface area contributed by atoms with Crippen molar-refractivity contribution in [2.75, 3.05) is 0 Å². The van der Waals surface area contributed by atoms with Crippen molar-refractivity contribution >= 4 is 11.9 Å². The minimum Gasteiger partial charge on any atom is -0.477 e.